The van der Waals surface area contributed by atoms with Gasteiger partial charge in [0.2, 0.25) is 5.91 Å². The first-order valence-corrected chi connectivity index (χ1v) is 9.97. The molecular formula is C21H17N3O6S. The minimum absolute atomic E-state index is 0.216. The van der Waals surface area contributed by atoms with Gasteiger partial charge in [0, 0.05) is 12.6 Å². The molecule has 1 aromatic carbocycles. The molecule has 0 fully saturated rings. The van der Waals surface area contributed by atoms with Crippen LogP contribution in [0.15, 0.2) is 51.8 Å². The molecule has 4 rings (SSSR count). The van der Waals surface area contributed by atoms with Gasteiger partial charge in [0.25, 0.3) is 5.56 Å². The number of rotatable bonds is 6. The standard InChI is InChI=1S/C21H17N3O6S/c1-29-21(28)11-9-23-19(27)17(18(11)26)10(8-16(22)25)13-6-7-14(30-13)20-24-12-4-2-3-5-15(12)31-20/h2-7,9-10H,8H2,1H3,(H2,22,25)(H2,23,26,27). The molecule has 0 aliphatic heterocycles. The third kappa shape index (κ3) is 3.80. The van der Waals surface area contributed by atoms with Crippen molar-refractivity contribution < 1.29 is 23.8 Å². The number of aromatic nitrogens is 2. The summed E-state index contributed by atoms with van der Waals surface area (Å²) in [6, 6.07) is 10.8. The number of nitrogens with one attached hydrogen (secondary N) is 1. The van der Waals surface area contributed by atoms with Crippen LogP contribution in [0.4, 0.5) is 0 Å². The predicted octanol–water partition coefficient (Wildman–Crippen LogP) is 2.74. The number of carbonyl (C=O) groups excluding carboxylic acids is 2. The largest absolute Gasteiger partial charge is 0.506 e. The van der Waals surface area contributed by atoms with Crippen molar-refractivity contribution in [1.29, 1.82) is 0 Å². The second kappa shape index (κ2) is 8.07. The van der Waals surface area contributed by atoms with Gasteiger partial charge in [-0.1, -0.05) is 12.1 Å². The lowest BCUT2D eigenvalue weighted by atomic mass is 9.92. The number of carbonyl (C=O) groups is 2. The van der Waals surface area contributed by atoms with Crippen molar-refractivity contribution in [3.63, 3.8) is 0 Å². The van der Waals surface area contributed by atoms with Gasteiger partial charge in [-0.15, -0.1) is 11.3 Å². The SMILES string of the molecule is COC(=O)c1c[nH]c(=O)c(C(CC(N)=O)c2ccc(-c3nc4ccccc4s3)o2)c1O. The number of amides is 1. The summed E-state index contributed by atoms with van der Waals surface area (Å²) in [6.45, 7) is 0. The number of para-hydroxylation sites is 1. The molecule has 4 N–H and O–H groups in total. The highest BCUT2D eigenvalue weighted by atomic mass is 32.1. The molecule has 1 amide bonds. The Morgan fingerprint density at radius 2 is 2.06 bits per heavy atom. The lowest BCUT2D eigenvalue weighted by Gasteiger charge is -2.15. The minimum Gasteiger partial charge on any atom is -0.506 e. The zero-order valence-corrected chi connectivity index (χ0v) is 17.1. The van der Waals surface area contributed by atoms with Crippen LogP contribution in [0.3, 0.4) is 0 Å². The number of fused-ring (bicyclic) bond motifs is 1. The van der Waals surface area contributed by atoms with E-state index in [0.717, 1.165) is 23.5 Å². The van der Waals surface area contributed by atoms with Crippen molar-refractivity contribution in [2.24, 2.45) is 5.73 Å². The Labute approximate surface area is 179 Å². The summed E-state index contributed by atoms with van der Waals surface area (Å²) in [5.41, 5.74) is 5.05. The molecule has 0 saturated heterocycles. The summed E-state index contributed by atoms with van der Waals surface area (Å²) in [4.78, 5) is 43.1. The summed E-state index contributed by atoms with van der Waals surface area (Å²) >= 11 is 1.43. The van der Waals surface area contributed by atoms with Crippen molar-refractivity contribution >= 4 is 33.4 Å². The first-order valence-electron chi connectivity index (χ1n) is 9.16. The van der Waals surface area contributed by atoms with E-state index in [9.17, 15) is 19.5 Å². The maximum Gasteiger partial charge on any atom is 0.343 e. The number of hydrogen-bond donors (Lipinski definition) is 3. The van der Waals surface area contributed by atoms with Gasteiger partial charge in [-0.05, 0) is 24.3 Å². The number of aromatic hydroxyl groups is 1. The smallest absolute Gasteiger partial charge is 0.343 e. The van der Waals surface area contributed by atoms with E-state index < -0.39 is 29.1 Å². The van der Waals surface area contributed by atoms with Gasteiger partial charge in [-0.25, -0.2) is 9.78 Å². The Morgan fingerprint density at radius 1 is 1.29 bits per heavy atom. The molecule has 0 radical (unpaired) electrons. The Morgan fingerprint density at radius 3 is 2.77 bits per heavy atom. The molecule has 0 saturated carbocycles. The molecule has 0 aliphatic carbocycles. The molecule has 1 atom stereocenters. The Kier molecular flexibility index (Phi) is 5.30. The minimum atomic E-state index is -1.02. The van der Waals surface area contributed by atoms with Crippen LogP contribution < -0.4 is 11.3 Å². The van der Waals surface area contributed by atoms with E-state index >= 15 is 0 Å². The number of furan rings is 1. The number of benzene rings is 1. The highest BCUT2D eigenvalue weighted by Crippen LogP contribution is 2.37. The fraction of sp³-hybridized carbons (Fsp3) is 0.143. The average Bonchev–Trinajstić information content (AvgIpc) is 3.39. The van der Waals surface area contributed by atoms with E-state index in [4.69, 9.17) is 10.2 Å². The molecule has 31 heavy (non-hydrogen) atoms. The summed E-state index contributed by atoms with van der Waals surface area (Å²) in [7, 11) is 1.14. The number of methoxy groups -OCH3 is 1. The quantitative estimate of drug-likeness (QED) is 0.391. The van der Waals surface area contributed by atoms with Crippen LogP contribution in [0.25, 0.3) is 21.0 Å². The van der Waals surface area contributed by atoms with E-state index in [2.05, 4.69) is 14.7 Å². The maximum atomic E-state index is 12.5. The van der Waals surface area contributed by atoms with Gasteiger partial charge < -0.3 is 25.0 Å². The zero-order chi connectivity index (χ0) is 22.1. The number of pyridine rings is 1. The summed E-state index contributed by atoms with van der Waals surface area (Å²) in [6.07, 6.45) is 0.719. The lowest BCUT2D eigenvalue weighted by molar-refractivity contribution is -0.118. The molecule has 4 aromatic rings. The number of nitrogens with two attached hydrogens (primary N) is 1. The summed E-state index contributed by atoms with van der Waals surface area (Å²) in [5.74, 6) is -2.53. The number of nitrogens with zero attached hydrogens (tertiary/aromatic N) is 1. The maximum absolute atomic E-state index is 12.5. The van der Waals surface area contributed by atoms with Gasteiger partial charge in [-0.3, -0.25) is 9.59 Å². The topological polar surface area (TPSA) is 149 Å². The normalized spacial score (nSPS) is 12.0. The van der Waals surface area contributed by atoms with Crippen molar-refractivity contribution in [3.8, 4) is 16.5 Å². The molecule has 0 bridgehead atoms. The fourth-order valence-electron chi connectivity index (χ4n) is 3.30. The lowest BCUT2D eigenvalue weighted by Crippen LogP contribution is -2.23. The van der Waals surface area contributed by atoms with Crippen molar-refractivity contribution in [2.75, 3.05) is 7.11 Å². The Bertz CT molecular complexity index is 1320. The fourth-order valence-corrected chi connectivity index (χ4v) is 4.23. The van der Waals surface area contributed by atoms with Crippen LogP contribution in [0.2, 0.25) is 0 Å². The number of ether oxygens (including phenoxy) is 1. The molecule has 3 aromatic heterocycles. The van der Waals surface area contributed by atoms with Gasteiger partial charge >= 0.3 is 5.97 Å². The van der Waals surface area contributed by atoms with E-state index in [1.165, 1.54) is 11.3 Å². The Balaban J connectivity index is 1.81. The van der Waals surface area contributed by atoms with E-state index in [0.29, 0.717) is 10.8 Å². The van der Waals surface area contributed by atoms with Crippen LogP contribution in [-0.4, -0.2) is 34.1 Å². The molecule has 158 valence electrons. The number of thiazole rings is 1. The number of H-pyrrole nitrogens is 1. The van der Waals surface area contributed by atoms with Crippen molar-refractivity contribution in [3.05, 3.63) is 69.8 Å². The van der Waals surface area contributed by atoms with Gasteiger partial charge in [-0.2, -0.15) is 0 Å². The van der Waals surface area contributed by atoms with Gasteiger partial charge in [0.15, 0.2) is 10.8 Å². The number of aromatic amines is 1. The van der Waals surface area contributed by atoms with E-state index in [1.54, 1.807) is 12.1 Å². The highest BCUT2D eigenvalue weighted by Gasteiger charge is 2.30. The third-order valence-corrected chi connectivity index (χ3v) is 5.79. The van der Waals surface area contributed by atoms with Crippen LogP contribution in [0.1, 0.15) is 34.0 Å². The van der Waals surface area contributed by atoms with Crippen LogP contribution in [-0.2, 0) is 9.53 Å². The Hall–Kier alpha value is -3.92. The molecule has 3 heterocycles. The molecule has 0 spiro atoms. The molecule has 0 aliphatic rings. The van der Waals surface area contributed by atoms with Crippen LogP contribution in [0.5, 0.6) is 5.75 Å². The second-order valence-corrected chi connectivity index (χ2v) is 7.73. The molecule has 10 heteroatoms. The van der Waals surface area contributed by atoms with E-state index in [-0.39, 0.29) is 23.3 Å². The van der Waals surface area contributed by atoms with E-state index in [1.807, 2.05) is 24.3 Å². The summed E-state index contributed by atoms with van der Waals surface area (Å²) < 4.78 is 11.5. The third-order valence-electron chi connectivity index (χ3n) is 4.74. The molecule has 9 nitrogen and oxygen atoms in total. The summed E-state index contributed by atoms with van der Waals surface area (Å²) in [5, 5.41) is 11.2. The monoisotopic (exact) mass is 439 g/mol. The zero-order valence-electron chi connectivity index (χ0n) is 16.2. The van der Waals surface area contributed by atoms with Crippen LogP contribution in [0, 0.1) is 0 Å². The number of esters is 1. The van der Waals surface area contributed by atoms with Gasteiger partial charge in [0.05, 0.1) is 28.8 Å². The van der Waals surface area contributed by atoms with Crippen LogP contribution >= 0.6 is 11.3 Å². The highest BCUT2D eigenvalue weighted by molar-refractivity contribution is 7.21. The number of primary amides is 1. The van der Waals surface area contributed by atoms with Gasteiger partial charge in [0.1, 0.15) is 17.1 Å². The second-order valence-electron chi connectivity index (χ2n) is 6.70. The average molecular weight is 439 g/mol. The molecular weight excluding hydrogens is 422 g/mol. The first kappa shape index (κ1) is 20.4. The van der Waals surface area contributed by atoms with Crippen molar-refractivity contribution in [2.45, 2.75) is 12.3 Å². The number of hydrogen-bond acceptors (Lipinski definition) is 8. The predicted molar refractivity (Wildman–Crippen MR) is 113 cm³/mol. The molecule has 1 unspecified atom stereocenters. The first-order chi connectivity index (χ1) is 14.9. The van der Waals surface area contributed by atoms with Crippen molar-refractivity contribution in [1.82, 2.24) is 9.97 Å².